The van der Waals surface area contributed by atoms with Gasteiger partial charge >= 0.3 is 5.97 Å². The molecule has 0 aliphatic heterocycles. The summed E-state index contributed by atoms with van der Waals surface area (Å²) in [5.41, 5.74) is 11.3. The van der Waals surface area contributed by atoms with Gasteiger partial charge in [-0.1, -0.05) is 13.8 Å². The number of thioether (sulfide) groups is 1. The summed E-state index contributed by atoms with van der Waals surface area (Å²) in [4.78, 5) is 48.9. The molecule has 0 saturated heterocycles. The van der Waals surface area contributed by atoms with E-state index in [1.54, 1.807) is 13.8 Å². The number of carboxylic acids is 1. The van der Waals surface area contributed by atoms with Crippen molar-refractivity contribution in [2.45, 2.75) is 63.7 Å². The van der Waals surface area contributed by atoms with Crippen molar-refractivity contribution in [1.82, 2.24) is 16.0 Å². The number of carbonyl (C=O) groups excluding carboxylic acids is 3. The second-order valence-corrected chi connectivity index (χ2v) is 8.53. The van der Waals surface area contributed by atoms with Gasteiger partial charge in [-0.05, 0) is 50.2 Å². The molecule has 4 unspecified atom stereocenters. The average Bonchev–Trinajstić information content (AvgIpc) is 2.72. The Morgan fingerprint density at radius 3 is 1.87 bits per heavy atom. The molecular formula is C19H37N5O6S. The Balaban J connectivity index is 5.36. The highest BCUT2D eigenvalue weighted by atomic mass is 32.2. The Labute approximate surface area is 187 Å². The van der Waals surface area contributed by atoms with Crippen LogP contribution in [-0.2, 0) is 19.2 Å². The normalized spacial score (nSPS) is 14.9. The summed E-state index contributed by atoms with van der Waals surface area (Å²) in [5.74, 6) is -2.69. The number of unbranched alkanes of at least 4 members (excludes halogenated alkanes) is 1. The maximum atomic E-state index is 12.9. The minimum atomic E-state index is -1.49. The first-order valence-electron chi connectivity index (χ1n) is 10.3. The van der Waals surface area contributed by atoms with Gasteiger partial charge in [-0.15, -0.1) is 0 Å². The monoisotopic (exact) mass is 463 g/mol. The van der Waals surface area contributed by atoms with Crippen LogP contribution >= 0.6 is 11.8 Å². The average molecular weight is 464 g/mol. The number of hydrogen-bond donors (Lipinski definition) is 7. The topological polar surface area (TPSA) is 197 Å². The van der Waals surface area contributed by atoms with Gasteiger partial charge in [0.05, 0.1) is 12.6 Å². The van der Waals surface area contributed by atoms with Crippen LogP contribution in [-0.4, -0.2) is 83.2 Å². The number of aliphatic hydroxyl groups is 1. The zero-order valence-corrected chi connectivity index (χ0v) is 19.2. The fourth-order valence-electron chi connectivity index (χ4n) is 2.57. The van der Waals surface area contributed by atoms with E-state index in [1.165, 1.54) is 11.8 Å². The molecule has 0 radical (unpaired) electrons. The summed E-state index contributed by atoms with van der Waals surface area (Å²) in [6.45, 7) is 3.19. The smallest absolute Gasteiger partial charge is 0.328 e. The molecule has 0 aromatic rings. The summed E-state index contributed by atoms with van der Waals surface area (Å²) in [7, 11) is 0. The van der Waals surface area contributed by atoms with E-state index in [2.05, 4.69) is 16.0 Å². The molecule has 31 heavy (non-hydrogen) atoms. The molecule has 4 atom stereocenters. The van der Waals surface area contributed by atoms with E-state index >= 15 is 0 Å². The summed E-state index contributed by atoms with van der Waals surface area (Å²) < 4.78 is 0. The standard InChI is InChI=1S/C19H37N5O6S/c1-11(2)15(21)18(28)23-13(7-9-31-3)17(27)22-12(6-4-5-8-20)16(26)24-14(10-25)19(29)30/h11-15,25H,4-10,20-21H2,1-3H3,(H,22,27)(H,23,28)(H,24,26)(H,29,30). The summed E-state index contributed by atoms with van der Waals surface area (Å²) >= 11 is 1.50. The second kappa shape index (κ2) is 15.8. The Hall–Kier alpha value is -1.89. The maximum absolute atomic E-state index is 12.9. The summed E-state index contributed by atoms with van der Waals surface area (Å²) in [5, 5.41) is 25.6. The molecule has 180 valence electrons. The van der Waals surface area contributed by atoms with Gasteiger partial charge in [0.25, 0.3) is 0 Å². The fraction of sp³-hybridized carbons (Fsp3) is 0.789. The Bertz CT molecular complexity index is 592. The minimum absolute atomic E-state index is 0.120. The molecule has 0 heterocycles. The molecule has 0 bridgehead atoms. The van der Waals surface area contributed by atoms with Crippen molar-refractivity contribution in [2.75, 3.05) is 25.2 Å². The van der Waals surface area contributed by atoms with Crippen molar-refractivity contribution in [3.8, 4) is 0 Å². The number of carboxylic acid groups (broad SMARTS) is 1. The zero-order chi connectivity index (χ0) is 24.0. The predicted octanol–water partition coefficient (Wildman–Crippen LogP) is -1.62. The lowest BCUT2D eigenvalue weighted by molar-refractivity contribution is -0.143. The molecule has 12 heteroatoms. The highest BCUT2D eigenvalue weighted by molar-refractivity contribution is 7.98. The van der Waals surface area contributed by atoms with Crippen LogP contribution in [0, 0.1) is 5.92 Å². The highest BCUT2D eigenvalue weighted by Gasteiger charge is 2.30. The first-order chi connectivity index (χ1) is 14.6. The number of rotatable bonds is 16. The lowest BCUT2D eigenvalue weighted by Crippen LogP contribution is -2.58. The number of nitrogens with one attached hydrogen (secondary N) is 3. The van der Waals surface area contributed by atoms with Crippen LogP contribution in [0.4, 0.5) is 0 Å². The van der Waals surface area contributed by atoms with Crippen LogP contribution in [0.2, 0.25) is 0 Å². The minimum Gasteiger partial charge on any atom is -0.480 e. The maximum Gasteiger partial charge on any atom is 0.328 e. The number of hydrogen-bond acceptors (Lipinski definition) is 8. The van der Waals surface area contributed by atoms with Crippen LogP contribution in [0.1, 0.15) is 39.5 Å². The lowest BCUT2D eigenvalue weighted by atomic mass is 10.0. The van der Waals surface area contributed by atoms with E-state index in [9.17, 15) is 19.2 Å². The Morgan fingerprint density at radius 2 is 1.42 bits per heavy atom. The zero-order valence-electron chi connectivity index (χ0n) is 18.4. The molecule has 11 nitrogen and oxygen atoms in total. The molecule has 0 fully saturated rings. The van der Waals surface area contributed by atoms with Crippen molar-refractivity contribution in [3.63, 3.8) is 0 Å². The van der Waals surface area contributed by atoms with E-state index in [0.29, 0.717) is 31.6 Å². The SMILES string of the molecule is CSCCC(NC(=O)C(N)C(C)C)C(=O)NC(CCCCN)C(=O)NC(CO)C(=O)O. The number of carbonyl (C=O) groups is 4. The Morgan fingerprint density at radius 1 is 0.903 bits per heavy atom. The number of aliphatic carboxylic acids is 1. The summed E-state index contributed by atoms with van der Waals surface area (Å²) in [6, 6.07) is -4.21. The van der Waals surface area contributed by atoms with E-state index in [4.69, 9.17) is 21.7 Å². The van der Waals surface area contributed by atoms with Gasteiger partial charge in [-0.3, -0.25) is 14.4 Å². The third kappa shape index (κ3) is 11.3. The van der Waals surface area contributed by atoms with Gasteiger partial charge in [0.2, 0.25) is 17.7 Å². The molecule has 0 aromatic carbocycles. The van der Waals surface area contributed by atoms with Gasteiger partial charge in [0.1, 0.15) is 18.1 Å². The van der Waals surface area contributed by atoms with Crippen molar-refractivity contribution in [3.05, 3.63) is 0 Å². The predicted molar refractivity (Wildman–Crippen MR) is 119 cm³/mol. The first kappa shape index (κ1) is 29.1. The van der Waals surface area contributed by atoms with Gasteiger partial charge in [-0.2, -0.15) is 11.8 Å². The molecule has 3 amide bonds. The molecule has 0 spiro atoms. The molecule has 0 rings (SSSR count). The molecule has 0 aliphatic carbocycles. The number of aliphatic hydroxyl groups excluding tert-OH is 1. The largest absolute Gasteiger partial charge is 0.480 e. The van der Waals surface area contributed by atoms with Gasteiger partial charge < -0.3 is 37.6 Å². The van der Waals surface area contributed by atoms with Gasteiger partial charge in [0.15, 0.2) is 0 Å². The Kier molecular flexibility index (Phi) is 14.9. The van der Waals surface area contributed by atoms with Crippen molar-refractivity contribution < 1.29 is 29.4 Å². The highest BCUT2D eigenvalue weighted by Crippen LogP contribution is 2.07. The van der Waals surface area contributed by atoms with Gasteiger partial charge in [0, 0.05) is 0 Å². The van der Waals surface area contributed by atoms with Crippen LogP contribution in [0.25, 0.3) is 0 Å². The molecular weight excluding hydrogens is 426 g/mol. The number of amides is 3. The molecule has 0 aliphatic rings. The third-order valence-corrected chi connectivity index (χ3v) is 5.29. The molecule has 9 N–H and O–H groups in total. The first-order valence-corrected chi connectivity index (χ1v) is 11.7. The van der Waals surface area contributed by atoms with Gasteiger partial charge in [-0.25, -0.2) is 4.79 Å². The van der Waals surface area contributed by atoms with E-state index in [0.717, 1.165) is 0 Å². The summed E-state index contributed by atoms with van der Waals surface area (Å²) in [6.07, 6.45) is 3.54. The van der Waals surface area contributed by atoms with Crippen molar-refractivity contribution >= 4 is 35.5 Å². The lowest BCUT2D eigenvalue weighted by Gasteiger charge is -2.25. The van der Waals surface area contributed by atoms with E-state index in [-0.39, 0.29) is 12.3 Å². The fourth-order valence-corrected chi connectivity index (χ4v) is 3.04. The van der Waals surface area contributed by atoms with Crippen LogP contribution in [0.5, 0.6) is 0 Å². The second-order valence-electron chi connectivity index (χ2n) is 7.54. The molecule has 0 saturated carbocycles. The van der Waals surface area contributed by atoms with E-state index in [1.807, 2.05) is 6.26 Å². The van der Waals surface area contributed by atoms with Crippen molar-refractivity contribution in [1.29, 1.82) is 0 Å². The van der Waals surface area contributed by atoms with Crippen LogP contribution in [0.3, 0.4) is 0 Å². The molecule has 0 aromatic heterocycles. The van der Waals surface area contributed by atoms with E-state index < -0.39 is 54.5 Å². The van der Waals surface area contributed by atoms with Crippen LogP contribution in [0.15, 0.2) is 0 Å². The van der Waals surface area contributed by atoms with Crippen LogP contribution < -0.4 is 27.4 Å². The number of nitrogens with two attached hydrogens (primary N) is 2. The third-order valence-electron chi connectivity index (χ3n) is 4.64. The quantitative estimate of drug-likeness (QED) is 0.132. The van der Waals surface area contributed by atoms with Crippen molar-refractivity contribution in [2.24, 2.45) is 17.4 Å².